The van der Waals surface area contributed by atoms with Crippen LogP contribution in [-0.4, -0.2) is 29.9 Å². The molecule has 1 saturated heterocycles. The molecule has 142 valence electrons. The second-order valence-electron chi connectivity index (χ2n) is 7.50. The summed E-state index contributed by atoms with van der Waals surface area (Å²) in [5, 5.41) is 3.26. The standard InChI is InChI=1S/C25H26N2O/c28-25(24-14-8-7-13-22(24)17-20-9-3-1-4-10-20)26-23-15-16-27(19-23)18-21-11-5-2-6-12-21/h1-14,23H,15-19H2,(H,26,28). The van der Waals surface area contributed by atoms with Crippen molar-refractivity contribution in [2.45, 2.75) is 25.4 Å². The molecule has 0 aliphatic carbocycles. The highest BCUT2D eigenvalue weighted by Crippen LogP contribution is 2.17. The maximum absolute atomic E-state index is 12.9. The number of hydrogen-bond donors (Lipinski definition) is 1. The van der Waals surface area contributed by atoms with E-state index in [1.165, 1.54) is 11.1 Å². The fraction of sp³-hybridized carbons (Fsp3) is 0.240. The maximum Gasteiger partial charge on any atom is 0.251 e. The number of nitrogens with zero attached hydrogens (tertiary/aromatic N) is 1. The van der Waals surface area contributed by atoms with Crippen LogP contribution in [-0.2, 0) is 13.0 Å². The summed E-state index contributed by atoms with van der Waals surface area (Å²) in [5.74, 6) is 0.0399. The molecule has 0 saturated carbocycles. The molecule has 4 rings (SSSR count). The zero-order valence-corrected chi connectivity index (χ0v) is 16.1. The maximum atomic E-state index is 12.9. The summed E-state index contributed by atoms with van der Waals surface area (Å²) in [6.45, 7) is 2.87. The van der Waals surface area contributed by atoms with Gasteiger partial charge in [-0.2, -0.15) is 0 Å². The lowest BCUT2D eigenvalue weighted by molar-refractivity contribution is 0.0937. The number of amides is 1. The molecular weight excluding hydrogens is 344 g/mol. The molecule has 1 heterocycles. The second kappa shape index (κ2) is 8.85. The highest BCUT2D eigenvalue weighted by molar-refractivity contribution is 5.96. The van der Waals surface area contributed by atoms with Crippen molar-refractivity contribution in [2.24, 2.45) is 0 Å². The smallest absolute Gasteiger partial charge is 0.251 e. The molecule has 1 N–H and O–H groups in total. The Morgan fingerprint density at radius 3 is 2.25 bits per heavy atom. The Morgan fingerprint density at radius 2 is 1.50 bits per heavy atom. The zero-order chi connectivity index (χ0) is 19.2. The van der Waals surface area contributed by atoms with Gasteiger partial charge >= 0.3 is 0 Å². The van der Waals surface area contributed by atoms with Crippen molar-refractivity contribution >= 4 is 5.91 Å². The van der Waals surface area contributed by atoms with Gasteiger partial charge in [0.2, 0.25) is 0 Å². The van der Waals surface area contributed by atoms with Crippen molar-refractivity contribution in [3.8, 4) is 0 Å². The number of likely N-dealkylation sites (tertiary alicyclic amines) is 1. The van der Waals surface area contributed by atoms with Crippen LogP contribution in [0.2, 0.25) is 0 Å². The normalized spacial score (nSPS) is 16.8. The largest absolute Gasteiger partial charge is 0.348 e. The highest BCUT2D eigenvalue weighted by atomic mass is 16.1. The summed E-state index contributed by atoms with van der Waals surface area (Å²) in [4.78, 5) is 15.4. The molecule has 0 aromatic heterocycles. The Morgan fingerprint density at radius 1 is 0.857 bits per heavy atom. The van der Waals surface area contributed by atoms with Gasteiger partial charge in [0.25, 0.3) is 5.91 Å². The molecule has 1 amide bonds. The summed E-state index contributed by atoms with van der Waals surface area (Å²) in [5.41, 5.74) is 4.40. The van der Waals surface area contributed by atoms with E-state index < -0.39 is 0 Å². The molecule has 0 bridgehead atoms. The molecule has 1 fully saturated rings. The molecule has 0 radical (unpaired) electrons. The average Bonchev–Trinajstić information content (AvgIpc) is 3.16. The summed E-state index contributed by atoms with van der Waals surface area (Å²) >= 11 is 0. The molecular formula is C25H26N2O. The Kier molecular flexibility index (Phi) is 5.83. The second-order valence-corrected chi connectivity index (χ2v) is 7.50. The van der Waals surface area contributed by atoms with Crippen molar-refractivity contribution in [3.63, 3.8) is 0 Å². The van der Waals surface area contributed by atoms with E-state index >= 15 is 0 Å². The van der Waals surface area contributed by atoms with Crippen LogP contribution >= 0.6 is 0 Å². The number of carbonyl (C=O) groups is 1. The number of rotatable bonds is 6. The zero-order valence-electron chi connectivity index (χ0n) is 16.1. The summed E-state index contributed by atoms with van der Waals surface area (Å²) in [6.07, 6.45) is 1.77. The fourth-order valence-electron chi connectivity index (χ4n) is 3.91. The molecule has 1 aliphatic heterocycles. The monoisotopic (exact) mass is 370 g/mol. The Balaban J connectivity index is 1.38. The molecule has 1 unspecified atom stereocenters. The van der Waals surface area contributed by atoms with E-state index in [-0.39, 0.29) is 11.9 Å². The Hall–Kier alpha value is -2.91. The van der Waals surface area contributed by atoms with Gasteiger partial charge in [-0.1, -0.05) is 78.9 Å². The third-order valence-corrected chi connectivity index (χ3v) is 5.36. The highest BCUT2D eigenvalue weighted by Gasteiger charge is 2.24. The summed E-state index contributed by atoms with van der Waals surface area (Å²) < 4.78 is 0. The minimum absolute atomic E-state index is 0.0399. The van der Waals surface area contributed by atoms with Crippen molar-refractivity contribution < 1.29 is 4.79 Å². The van der Waals surface area contributed by atoms with E-state index in [1.54, 1.807) is 0 Å². The van der Waals surface area contributed by atoms with Gasteiger partial charge in [-0.25, -0.2) is 0 Å². The number of benzene rings is 3. The Bertz CT molecular complexity index is 908. The summed E-state index contributed by atoms with van der Waals surface area (Å²) in [6, 6.07) is 29.0. The van der Waals surface area contributed by atoms with Crippen LogP contribution in [0, 0.1) is 0 Å². The molecule has 28 heavy (non-hydrogen) atoms. The van der Waals surface area contributed by atoms with Gasteiger partial charge in [0.05, 0.1) is 0 Å². The lowest BCUT2D eigenvalue weighted by atomic mass is 9.99. The number of nitrogens with one attached hydrogen (secondary N) is 1. The number of hydrogen-bond acceptors (Lipinski definition) is 2. The minimum Gasteiger partial charge on any atom is -0.348 e. The lowest BCUT2D eigenvalue weighted by Crippen LogP contribution is -2.37. The van der Waals surface area contributed by atoms with Gasteiger partial charge in [0, 0.05) is 31.2 Å². The van der Waals surface area contributed by atoms with Crippen molar-refractivity contribution in [1.82, 2.24) is 10.2 Å². The molecule has 0 spiro atoms. The van der Waals surface area contributed by atoms with Crippen LogP contribution in [0.25, 0.3) is 0 Å². The van der Waals surface area contributed by atoms with Crippen LogP contribution < -0.4 is 5.32 Å². The minimum atomic E-state index is 0.0399. The number of carbonyl (C=O) groups excluding carboxylic acids is 1. The predicted molar refractivity (Wildman–Crippen MR) is 113 cm³/mol. The van der Waals surface area contributed by atoms with Crippen LogP contribution in [0.15, 0.2) is 84.9 Å². The van der Waals surface area contributed by atoms with Crippen molar-refractivity contribution in [3.05, 3.63) is 107 Å². The van der Waals surface area contributed by atoms with E-state index in [1.807, 2.05) is 42.5 Å². The van der Waals surface area contributed by atoms with Crippen LogP contribution in [0.1, 0.15) is 33.5 Å². The van der Waals surface area contributed by atoms with E-state index in [0.29, 0.717) is 0 Å². The van der Waals surface area contributed by atoms with Crippen molar-refractivity contribution in [1.29, 1.82) is 0 Å². The van der Waals surface area contributed by atoms with Gasteiger partial charge in [-0.05, 0) is 35.6 Å². The molecule has 3 aromatic rings. The molecule has 1 aliphatic rings. The van der Waals surface area contributed by atoms with Crippen LogP contribution in [0.4, 0.5) is 0 Å². The van der Waals surface area contributed by atoms with Crippen molar-refractivity contribution in [2.75, 3.05) is 13.1 Å². The third-order valence-electron chi connectivity index (χ3n) is 5.36. The van der Waals surface area contributed by atoms with Gasteiger partial charge in [-0.15, -0.1) is 0 Å². The van der Waals surface area contributed by atoms with E-state index in [9.17, 15) is 4.79 Å². The first-order valence-electron chi connectivity index (χ1n) is 9.97. The fourth-order valence-corrected chi connectivity index (χ4v) is 3.91. The van der Waals surface area contributed by atoms with Crippen LogP contribution in [0.5, 0.6) is 0 Å². The van der Waals surface area contributed by atoms with E-state index in [0.717, 1.165) is 43.6 Å². The van der Waals surface area contributed by atoms with Crippen LogP contribution in [0.3, 0.4) is 0 Å². The Labute approximate surface area is 167 Å². The van der Waals surface area contributed by atoms with E-state index in [4.69, 9.17) is 0 Å². The first kappa shape index (κ1) is 18.5. The molecule has 1 atom stereocenters. The third kappa shape index (κ3) is 4.68. The average molecular weight is 370 g/mol. The predicted octanol–water partition coefficient (Wildman–Crippen LogP) is 4.28. The quantitative estimate of drug-likeness (QED) is 0.702. The molecule has 3 heteroatoms. The topological polar surface area (TPSA) is 32.3 Å². The van der Waals surface area contributed by atoms with Gasteiger partial charge in [0.15, 0.2) is 0 Å². The molecule has 3 aromatic carbocycles. The van der Waals surface area contributed by atoms with Gasteiger partial charge < -0.3 is 5.32 Å². The SMILES string of the molecule is O=C(NC1CCN(Cc2ccccc2)C1)c1ccccc1Cc1ccccc1. The first-order chi connectivity index (χ1) is 13.8. The van der Waals surface area contributed by atoms with E-state index in [2.05, 4.69) is 52.7 Å². The first-order valence-corrected chi connectivity index (χ1v) is 9.97. The molecule has 3 nitrogen and oxygen atoms in total. The summed E-state index contributed by atoms with van der Waals surface area (Å²) in [7, 11) is 0. The lowest BCUT2D eigenvalue weighted by Gasteiger charge is -2.17. The van der Waals surface area contributed by atoms with Gasteiger partial charge in [0.1, 0.15) is 0 Å². The van der Waals surface area contributed by atoms with Gasteiger partial charge in [-0.3, -0.25) is 9.69 Å².